The van der Waals surface area contributed by atoms with Gasteiger partial charge < -0.3 is 14.9 Å². The Balaban J connectivity index is -0.000000150. The third kappa shape index (κ3) is 33.5. The molecule has 0 aromatic rings. The van der Waals surface area contributed by atoms with Crippen molar-refractivity contribution >= 4 is 0 Å². The first-order chi connectivity index (χ1) is 5.35. The van der Waals surface area contributed by atoms with Crippen LogP contribution in [0.4, 0.5) is 0 Å². The van der Waals surface area contributed by atoms with Gasteiger partial charge in [-0.2, -0.15) is 0 Å². The second-order valence-corrected chi connectivity index (χ2v) is 4.30. The molecule has 3 heteroatoms. The zero-order chi connectivity index (χ0) is 10.2. The molecule has 0 unspecified atom stereocenters. The summed E-state index contributed by atoms with van der Waals surface area (Å²) in [6, 6.07) is 0. The zero-order valence-corrected chi connectivity index (χ0v) is 10.5. The predicted octanol–water partition coefficient (Wildman–Crippen LogP) is 1.49. The van der Waals surface area contributed by atoms with Gasteiger partial charge in [-0.3, -0.25) is 0 Å². The summed E-state index contributed by atoms with van der Waals surface area (Å²) in [6.07, 6.45) is 0. The van der Waals surface area contributed by atoms with Gasteiger partial charge in [-0.05, 0) is 19.6 Å². The van der Waals surface area contributed by atoms with Crippen LogP contribution in [0.15, 0.2) is 0 Å². The molecule has 0 rings (SSSR count). The van der Waals surface area contributed by atoms with Crippen molar-refractivity contribution in [3.63, 3.8) is 0 Å². The molecule has 1 N–H and O–H groups in total. The minimum absolute atomic E-state index is 0. The third-order valence-corrected chi connectivity index (χ3v) is 1.34. The van der Waals surface area contributed by atoms with Gasteiger partial charge in [-0.1, -0.05) is 20.8 Å². The molecule has 0 spiro atoms. The Morgan fingerprint density at radius 2 is 0.923 bits per heavy atom. The van der Waals surface area contributed by atoms with E-state index in [1.807, 2.05) is 0 Å². The smallest absolute Gasteiger partial charge is 0.0675 e. The second kappa shape index (κ2) is 9.96. The van der Waals surface area contributed by atoms with E-state index in [4.69, 9.17) is 0 Å². The van der Waals surface area contributed by atoms with Crippen LogP contribution < -0.4 is 0 Å². The molecular formula is C10H28N2O. The van der Waals surface area contributed by atoms with Crippen molar-refractivity contribution in [3.05, 3.63) is 0 Å². The molecular weight excluding hydrogens is 164 g/mol. The first-order valence-corrected chi connectivity index (χ1v) is 4.86. The summed E-state index contributed by atoms with van der Waals surface area (Å²) < 4.78 is 1.00. The van der Waals surface area contributed by atoms with E-state index in [-0.39, 0.29) is 5.48 Å². The number of hydrogen-bond donors (Lipinski definition) is 0. The highest BCUT2D eigenvalue weighted by molar-refractivity contribution is 4.43. The third-order valence-electron chi connectivity index (χ3n) is 1.34. The molecule has 0 amide bonds. The highest BCUT2D eigenvalue weighted by Gasteiger charge is 1.89. The van der Waals surface area contributed by atoms with E-state index in [2.05, 4.69) is 53.9 Å². The summed E-state index contributed by atoms with van der Waals surface area (Å²) in [6.45, 7) is 10.1. The fourth-order valence-electron chi connectivity index (χ4n) is 0.671. The quantitative estimate of drug-likeness (QED) is 0.635. The van der Waals surface area contributed by atoms with Crippen LogP contribution in [0, 0.1) is 0 Å². The van der Waals surface area contributed by atoms with E-state index < -0.39 is 0 Å². The maximum atomic E-state index is 2.38. The van der Waals surface area contributed by atoms with Crippen LogP contribution in [0.25, 0.3) is 0 Å². The molecule has 0 aromatic heterocycles. The minimum atomic E-state index is 0. The van der Waals surface area contributed by atoms with Gasteiger partial charge in [0.05, 0.1) is 28.2 Å². The van der Waals surface area contributed by atoms with Gasteiger partial charge in [0.2, 0.25) is 0 Å². The number of hydrogen-bond acceptors (Lipinski definition) is 2. The van der Waals surface area contributed by atoms with Crippen LogP contribution in [0.1, 0.15) is 20.8 Å². The topological polar surface area (TPSA) is 33.2 Å². The molecule has 0 radical (unpaired) electrons. The van der Waals surface area contributed by atoms with E-state index in [0.717, 1.165) is 4.48 Å². The minimum Gasteiger partial charge on any atom is -0.870 e. The summed E-state index contributed by atoms with van der Waals surface area (Å²) in [7, 11) is 8.50. The lowest BCUT2D eigenvalue weighted by Crippen LogP contribution is -2.27. The molecule has 13 heavy (non-hydrogen) atoms. The molecule has 3 nitrogen and oxygen atoms in total. The average Bonchev–Trinajstić information content (AvgIpc) is 1.88. The highest BCUT2D eigenvalue weighted by atomic mass is 16.0. The molecule has 0 aliphatic rings. The SMILES string of the molecule is CCN(CC)CC.C[N+](C)(C)C.[OH-]. The lowest BCUT2D eigenvalue weighted by molar-refractivity contribution is -0.849. The molecule has 0 fully saturated rings. The zero-order valence-electron chi connectivity index (χ0n) is 10.5. The highest BCUT2D eigenvalue weighted by Crippen LogP contribution is 1.81. The van der Waals surface area contributed by atoms with E-state index in [0.29, 0.717) is 0 Å². The largest absolute Gasteiger partial charge is 0.870 e. The monoisotopic (exact) mass is 192 g/mol. The van der Waals surface area contributed by atoms with Crippen LogP contribution in [0.5, 0.6) is 0 Å². The predicted molar refractivity (Wildman–Crippen MR) is 59.4 cm³/mol. The molecule has 0 aromatic carbocycles. The van der Waals surface area contributed by atoms with Crippen LogP contribution in [0.2, 0.25) is 0 Å². The van der Waals surface area contributed by atoms with E-state index in [1.165, 1.54) is 19.6 Å². The van der Waals surface area contributed by atoms with Crippen molar-refractivity contribution in [2.45, 2.75) is 20.8 Å². The molecule has 84 valence electrons. The standard InChI is InChI=1S/C6H15N.C4H12N.H2O/c1-4-7(5-2)6-3;1-5(2,3)4;/h4-6H2,1-3H3;1-4H3;1H2/q;+1;/p-1. The van der Waals surface area contributed by atoms with Gasteiger partial charge in [0.1, 0.15) is 0 Å². The second-order valence-electron chi connectivity index (χ2n) is 4.30. The van der Waals surface area contributed by atoms with Crippen molar-refractivity contribution in [1.29, 1.82) is 0 Å². The van der Waals surface area contributed by atoms with Gasteiger partial charge in [0, 0.05) is 0 Å². The number of rotatable bonds is 3. The van der Waals surface area contributed by atoms with E-state index in [9.17, 15) is 0 Å². The Morgan fingerprint density at radius 3 is 0.923 bits per heavy atom. The Kier molecular flexibility index (Phi) is 14.3. The maximum absolute atomic E-state index is 2.38. The molecule has 0 saturated carbocycles. The van der Waals surface area contributed by atoms with Crippen molar-refractivity contribution in [3.8, 4) is 0 Å². The van der Waals surface area contributed by atoms with Gasteiger partial charge >= 0.3 is 0 Å². The normalized spacial score (nSPS) is 10.2. The van der Waals surface area contributed by atoms with Crippen molar-refractivity contribution in [1.82, 2.24) is 4.90 Å². The molecule has 0 bridgehead atoms. The van der Waals surface area contributed by atoms with Gasteiger partial charge in [0.15, 0.2) is 0 Å². The Hall–Kier alpha value is -0.120. The average molecular weight is 192 g/mol. The summed E-state index contributed by atoms with van der Waals surface area (Å²) in [5.74, 6) is 0. The molecule has 0 heterocycles. The van der Waals surface area contributed by atoms with Crippen molar-refractivity contribution in [2.24, 2.45) is 0 Å². The van der Waals surface area contributed by atoms with Crippen LogP contribution >= 0.6 is 0 Å². The van der Waals surface area contributed by atoms with Crippen molar-refractivity contribution < 1.29 is 9.96 Å². The van der Waals surface area contributed by atoms with E-state index in [1.54, 1.807) is 0 Å². The fraction of sp³-hybridized carbons (Fsp3) is 1.00. The Labute approximate surface area is 84.2 Å². The number of quaternary nitrogens is 1. The Bertz CT molecular complexity index is 73.9. The Morgan fingerprint density at radius 1 is 0.769 bits per heavy atom. The lowest BCUT2D eigenvalue weighted by atomic mass is 10.5. The molecule has 0 saturated heterocycles. The maximum Gasteiger partial charge on any atom is 0.0675 e. The summed E-state index contributed by atoms with van der Waals surface area (Å²) >= 11 is 0. The van der Waals surface area contributed by atoms with Crippen LogP contribution in [0.3, 0.4) is 0 Å². The van der Waals surface area contributed by atoms with Gasteiger partial charge in [0.25, 0.3) is 0 Å². The summed E-state index contributed by atoms with van der Waals surface area (Å²) in [5.41, 5.74) is 0. The first kappa shape index (κ1) is 18.6. The fourth-order valence-corrected chi connectivity index (χ4v) is 0.671. The van der Waals surface area contributed by atoms with Crippen LogP contribution in [-0.2, 0) is 0 Å². The van der Waals surface area contributed by atoms with Gasteiger partial charge in [-0.25, -0.2) is 0 Å². The van der Waals surface area contributed by atoms with Crippen LogP contribution in [-0.4, -0.2) is 62.7 Å². The summed E-state index contributed by atoms with van der Waals surface area (Å²) in [4.78, 5) is 2.38. The molecule has 0 aliphatic carbocycles. The first-order valence-electron chi connectivity index (χ1n) is 4.86. The lowest BCUT2D eigenvalue weighted by Gasteiger charge is -2.14. The van der Waals surface area contributed by atoms with Gasteiger partial charge in [-0.15, -0.1) is 0 Å². The molecule has 0 aliphatic heterocycles. The molecule has 0 atom stereocenters. The van der Waals surface area contributed by atoms with Crippen molar-refractivity contribution in [2.75, 3.05) is 47.8 Å². The summed E-state index contributed by atoms with van der Waals surface area (Å²) in [5, 5.41) is 0. The number of nitrogens with zero attached hydrogens (tertiary/aromatic N) is 2. The van der Waals surface area contributed by atoms with E-state index >= 15 is 0 Å².